The number of hydrogen-bond acceptors (Lipinski definition) is 5. The second kappa shape index (κ2) is 6.43. The Balaban J connectivity index is 1.95. The van der Waals surface area contributed by atoms with E-state index in [9.17, 15) is 9.90 Å². The zero-order valence-electron chi connectivity index (χ0n) is 11.3. The van der Waals surface area contributed by atoms with Gasteiger partial charge in [0.05, 0.1) is 12.3 Å². The Morgan fingerprint density at radius 1 is 1.42 bits per heavy atom. The normalized spacial score (nSPS) is 18.2. The maximum absolute atomic E-state index is 12.1. The number of rotatable bonds is 5. The number of aliphatic hydroxyl groups excluding tert-OH is 1. The summed E-state index contributed by atoms with van der Waals surface area (Å²) in [5.41, 5.74) is 0.627. The summed E-state index contributed by atoms with van der Waals surface area (Å²) in [4.78, 5) is 12.7. The molecule has 19 heavy (non-hydrogen) atoms. The van der Waals surface area contributed by atoms with E-state index in [0.717, 1.165) is 42.9 Å². The van der Waals surface area contributed by atoms with Crippen LogP contribution in [0.1, 0.15) is 54.4 Å². The van der Waals surface area contributed by atoms with Crippen LogP contribution >= 0.6 is 11.5 Å². The molecule has 5 nitrogen and oxygen atoms in total. The summed E-state index contributed by atoms with van der Waals surface area (Å²) in [6, 6.07) is 0. The smallest absolute Gasteiger partial charge is 0.264 e. The highest BCUT2D eigenvalue weighted by atomic mass is 32.1. The van der Waals surface area contributed by atoms with Crippen LogP contribution in [0, 0.1) is 5.41 Å². The predicted octanol–water partition coefficient (Wildman–Crippen LogP) is 1.77. The van der Waals surface area contributed by atoms with Crippen molar-refractivity contribution in [2.24, 2.45) is 5.41 Å². The lowest BCUT2D eigenvalue weighted by Crippen LogP contribution is -2.41. The van der Waals surface area contributed by atoms with Crippen molar-refractivity contribution in [2.75, 3.05) is 13.2 Å². The molecule has 0 unspecified atom stereocenters. The standard InChI is InChI=1S/C13H21N3O2S/c1-2-10-11(19-16-15-10)12(18)14-8-13(9-17)6-4-3-5-7-13/h17H,2-9H2,1H3,(H,14,18). The first kappa shape index (κ1) is 14.4. The minimum atomic E-state index is -0.127. The number of carbonyl (C=O) groups excluding carboxylic acids is 1. The van der Waals surface area contributed by atoms with E-state index in [1.807, 2.05) is 6.92 Å². The molecule has 0 bridgehead atoms. The lowest BCUT2D eigenvalue weighted by Gasteiger charge is -2.35. The van der Waals surface area contributed by atoms with Gasteiger partial charge in [-0.15, -0.1) is 5.10 Å². The summed E-state index contributed by atoms with van der Waals surface area (Å²) >= 11 is 1.14. The van der Waals surface area contributed by atoms with Gasteiger partial charge < -0.3 is 10.4 Å². The Morgan fingerprint density at radius 2 is 2.16 bits per heavy atom. The molecule has 2 N–H and O–H groups in total. The van der Waals surface area contributed by atoms with Gasteiger partial charge in [-0.3, -0.25) is 4.79 Å². The van der Waals surface area contributed by atoms with Crippen LogP contribution in [0.2, 0.25) is 0 Å². The van der Waals surface area contributed by atoms with Crippen molar-refractivity contribution in [3.8, 4) is 0 Å². The van der Waals surface area contributed by atoms with E-state index in [2.05, 4.69) is 14.9 Å². The van der Waals surface area contributed by atoms with Crippen molar-refractivity contribution in [1.29, 1.82) is 0 Å². The highest BCUT2D eigenvalue weighted by Gasteiger charge is 2.32. The van der Waals surface area contributed by atoms with Crippen LogP contribution in [0.15, 0.2) is 0 Å². The highest BCUT2D eigenvalue weighted by Crippen LogP contribution is 2.35. The number of nitrogens with one attached hydrogen (secondary N) is 1. The van der Waals surface area contributed by atoms with Gasteiger partial charge in [0.2, 0.25) is 0 Å². The third-order valence-electron chi connectivity index (χ3n) is 3.97. The zero-order chi connectivity index (χ0) is 13.7. The summed E-state index contributed by atoms with van der Waals surface area (Å²) < 4.78 is 3.83. The fourth-order valence-corrected chi connectivity index (χ4v) is 3.32. The van der Waals surface area contributed by atoms with Crippen LogP contribution in [-0.2, 0) is 6.42 Å². The molecule has 1 aromatic rings. The number of aromatic nitrogens is 2. The molecule has 1 amide bonds. The average Bonchev–Trinajstić information content (AvgIpc) is 2.94. The van der Waals surface area contributed by atoms with E-state index in [1.165, 1.54) is 6.42 Å². The molecule has 0 saturated heterocycles. The molecule has 0 spiro atoms. The number of nitrogens with zero attached hydrogens (tertiary/aromatic N) is 2. The largest absolute Gasteiger partial charge is 0.396 e. The molecular formula is C13H21N3O2S. The minimum absolute atomic E-state index is 0.106. The van der Waals surface area contributed by atoms with Gasteiger partial charge in [-0.05, 0) is 30.8 Å². The quantitative estimate of drug-likeness (QED) is 0.863. The molecule has 0 aromatic carbocycles. The number of aliphatic hydroxyl groups is 1. The summed E-state index contributed by atoms with van der Waals surface area (Å²) in [6.07, 6.45) is 6.20. The van der Waals surface area contributed by atoms with Gasteiger partial charge in [0.25, 0.3) is 5.91 Å². The summed E-state index contributed by atoms with van der Waals surface area (Å²) in [5.74, 6) is -0.106. The lowest BCUT2D eigenvalue weighted by molar-refractivity contribution is 0.0719. The third kappa shape index (κ3) is 3.30. The number of carbonyl (C=O) groups is 1. The van der Waals surface area contributed by atoms with Crippen molar-refractivity contribution in [2.45, 2.75) is 45.4 Å². The Bertz CT molecular complexity index is 427. The topological polar surface area (TPSA) is 75.1 Å². The van der Waals surface area contributed by atoms with Gasteiger partial charge in [0.1, 0.15) is 4.88 Å². The third-order valence-corrected chi connectivity index (χ3v) is 4.74. The molecule has 106 valence electrons. The van der Waals surface area contributed by atoms with Gasteiger partial charge in [0, 0.05) is 12.0 Å². The SMILES string of the molecule is CCc1nnsc1C(=O)NCC1(CO)CCCCC1. The molecule has 1 aromatic heterocycles. The molecule has 0 atom stereocenters. The Hall–Kier alpha value is -1.01. The lowest BCUT2D eigenvalue weighted by atomic mass is 9.74. The molecule has 1 aliphatic carbocycles. The van der Waals surface area contributed by atoms with Crippen molar-refractivity contribution in [3.63, 3.8) is 0 Å². The predicted molar refractivity (Wildman–Crippen MR) is 74.2 cm³/mol. The monoisotopic (exact) mass is 283 g/mol. The van der Waals surface area contributed by atoms with Crippen molar-refractivity contribution in [3.05, 3.63) is 10.6 Å². The van der Waals surface area contributed by atoms with Crippen LogP contribution in [0.5, 0.6) is 0 Å². The van der Waals surface area contributed by atoms with Crippen LogP contribution < -0.4 is 5.32 Å². The summed E-state index contributed by atoms with van der Waals surface area (Å²) in [5, 5.41) is 16.5. The molecule has 2 rings (SSSR count). The molecule has 0 radical (unpaired) electrons. The second-order valence-corrected chi connectivity index (χ2v) is 6.06. The van der Waals surface area contributed by atoms with Gasteiger partial charge in [-0.25, -0.2) is 0 Å². The molecule has 1 fully saturated rings. The molecule has 6 heteroatoms. The molecule has 1 saturated carbocycles. The molecule has 1 aliphatic rings. The molecule has 1 heterocycles. The summed E-state index contributed by atoms with van der Waals surface area (Å²) in [6.45, 7) is 2.65. The van der Waals surface area contributed by atoms with Crippen LogP contribution in [0.25, 0.3) is 0 Å². The average molecular weight is 283 g/mol. The minimum Gasteiger partial charge on any atom is -0.396 e. The van der Waals surface area contributed by atoms with Crippen LogP contribution in [0.3, 0.4) is 0 Å². The Labute approximate surface area is 117 Å². The first-order valence-electron chi connectivity index (χ1n) is 6.91. The summed E-state index contributed by atoms with van der Waals surface area (Å²) in [7, 11) is 0. The number of aryl methyl sites for hydroxylation is 1. The van der Waals surface area contributed by atoms with Gasteiger partial charge in [0.15, 0.2) is 0 Å². The first-order chi connectivity index (χ1) is 9.21. The Morgan fingerprint density at radius 3 is 2.79 bits per heavy atom. The van der Waals surface area contributed by atoms with E-state index >= 15 is 0 Å². The van der Waals surface area contributed by atoms with Crippen molar-refractivity contribution in [1.82, 2.24) is 14.9 Å². The maximum Gasteiger partial charge on any atom is 0.264 e. The first-order valence-corrected chi connectivity index (χ1v) is 7.68. The van der Waals surface area contributed by atoms with Gasteiger partial charge >= 0.3 is 0 Å². The Kier molecular flexibility index (Phi) is 4.87. The number of hydrogen-bond donors (Lipinski definition) is 2. The number of amides is 1. The second-order valence-electron chi connectivity index (χ2n) is 5.30. The highest BCUT2D eigenvalue weighted by molar-refractivity contribution is 7.08. The fraction of sp³-hybridized carbons (Fsp3) is 0.769. The van der Waals surface area contributed by atoms with Crippen molar-refractivity contribution < 1.29 is 9.90 Å². The maximum atomic E-state index is 12.1. The van der Waals surface area contributed by atoms with E-state index < -0.39 is 0 Å². The van der Waals surface area contributed by atoms with Crippen LogP contribution in [0.4, 0.5) is 0 Å². The van der Waals surface area contributed by atoms with E-state index in [4.69, 9.17) is 0 Å². The molecular weight excluding hydrogens is 262 g/mol. The molecule has 0 aliphatic heterocycles. The zero-order valence-corrected chi connectivity index (χ0v) is 12.1. The van der Waals surface area contributed by atoms with Gasteiger partial charge in [-0.2, -0.15) is 0 Å². The van der Waals surface area contributed by atoms with Gasteiger partial charge in [-0.1, -0.05) is 30.7 Å². The van der Waals surface area contributed by atoms with Crippen LogP contribution in [-0.4, -0.2) is 33.8 Å². The fourth-order valence-electron chi connectivity index (χ4n) is 2.65. The van der Waals surface area contributed by atoms with E-state index in [0.29, 0.717) is 17.8 Å². The van der Waals surface area contributed by atoms with E-state index in [-0.39, 0.29) is 17.9 Å². The van der Waals surface area contributed by atoms with E-state index in [1.54, 1.807) is 0 Å². The van der Waals surface area contributed by atoms with Crippen molar-refractivity contribution >= 4 is 17.4 Å².